The number of benzene rings is 1. The highest BCUT2D eigenvalue weighted by Crippen LogP contribution is 2.25. The second-order valence-electron chi connectivity index (χ2n) is 5.85. The first-order chi connectivity index (χ1) is 10.6. The van der Waals surface area contributed by atoms with Crippen LogP contribution in [0.1, 0.15) is 23.1 Å². The summed E-state index contributed by atoms with van der Waals surface area (Å²) in [6.07, 6.45) is 7.25. The molecule has 0 spiro atoms. The average Bonchev–Trinajstić information content (AvgIpc) is 2.52. The molecule has 4 nitrogen and oxygen atoms in total. The number of nitrogens with zero attached hydrogens (tertiary/aromatic N) is 3. The Balaban J connectivity index is 1.86. The van der Waals surface area contributed by atoms with E-state index < -0.39 is 0 Å². The summed E-state index contributed by atoms with van der Waals surface area (Å²) in [6, 6.07) is 6.29. The molecular formula is C18H22N4. The van der Waals surface area contributed by atoms with Crippen LogP contribution in [-0.4, -0.2) is 23.1 Å². The maximum absolute atomic E-state index is 4.67. The van der Waals surface area contributed by atoms with Gasteiger partial charge in [-0.3, -0.25) is 0 Å². The summed E-state index contributed by atoms with van der Waals surface area (Å²) in [7, 11) is 0. The van der Waals surface area contributed by atoms with Crippen molar-refractivity contribution in [1.29, 1.82) is 0 Å². The van der Waals surface area contributed by atoms with Crippen LogP contribution >= 0.6 is 0 Å². The van der Waals surface area contributed by atoms with Crippen LogP contribution in [0.15, 0.2) is 36.5 Å². The van der Waals surface area contributed by atoms with Crippen LogP contribution in [0.2, 0.25) is 0 Å². The Hall–Kier alpha value is -2.36. The lowest BCUT2D eigenvalue weighted by Gasteiger charge is -2.23. The SMILES string of the molecule is Cc1cc(C)c(Nc2ccnc(N3CC=CCC3)n2)c(C)c1. The first-order valence-electron chi connectivity index (χ1n) is 7.71. The van der Waals surface area contributed by atoms with E-state index in [1.54, 1.807) is 0 Å². The van der Waals surface area contributed by atoms with Gasteiger partial charge in [0.1, 0.15) is 5.82 Å². The van der Waals surface area contributed by atoms with Gasteiger partial charge in [0.2, 0.25) is 5.95 Å². The van der Waals surface area contributed by atoms with Crippen molar-refractivity contribution in [2.45, 2.75) is 27.2 Å². The second-order valence-corrected chi connectivity index (χ2v) is 5.85. The van der Waals surface area contributed by atoms with Gasteiger partial charge in [-0.25, -0.2) is 4.98 Å². The van der Waals surface area contributed by atoms with Gasteiger partial charge in [0, 0.05) is 25.0 Å². The van der Waals surface area contributed by atoms with Gasteiger partial charge in [-0.2, -0.15) is 4.98 Å². The molecule has 1 aliphatic heterocycles. The summed E-state index contributed by atoms with van der Waals surface area (Å²) in [5, 5.41) is 3.45. The first-order valence-corrected chi connectivity index (χ1v) is 7.71. The van der Waals surface area contributed by atoms with Crippen molar-refractivity contribution < 1.29 is 0 Å². The van der Waals surface area contributed by atoms with E-state index >= 15 is 0 Å². The van der Waals surface area contributed by atoms with Crippen molar-refractivity contribution in [3.8, 4) is 0 Å². The molecule has 2 aromatic rings. The van der Waals surface area contributed by atoms with Crippen molar-refractivity contribution in [2.75, 3.05) is 23.3 Å². The normalized spacial score (nSPS) is 14.2. The van der Waals surface area contributed by atoms with Gasteiger partial charge in [0.15, 0.2) is 0 Å². The lowest BCUT2D eigenvalue weighted by atomic mass is 10.1. The largest absolute Gasteiger partial charge is 0.340 e. The zero-order valence-electron chi connectivity index (χ0n) is 13.4. The maximum atomic E-state index is 4.67. The smallest absolute Gasteiger partial charge is 0.227 e. The second kappa shape index (κ2) is 6.18. The molecule has 1 N–H and O–H groups in total. The molecule has 2 heterocycles. The van der Waals surface area contributed by atoms with E-state index in [-0.39, 0.29) is 0 Å². The number of aryl methyl sites for hydroxylation is 3. The highest BCUT2D eigenvalue weighted by atomic mass is 15.3. The summed E-state index contributed by atoms with van der Waals surface area (Å²) in [6.45, 7) is 8.23. The molecule has 1 aliphatic rings. The van der Waals surface area contributed by atoms with Crippen molar-refractivity contribution in [3.05, 3.63) is 53.2 Å². The Labute approximate surface area is 131 Å². The van der Waals surface area contributed by atoms with E-state index in [1.165, 1.54) is 16.7 Å². The van der Waals surface area contributed by atoms with E-state index in [0.29, 0.717) is 0 Å². The van der Waals surface area contributed by atoms with Gasteiger partial charge in [-0.05, 0) is 44.4 Å². The van der Waals surface area contributed by atoms with Crippen molar-refractivity contribution >= 4 is 17.5 Å². The summed E-state index contributed by atoms with van der Waals surface area (Å²) in [5.74, 6) is 1.63. The molecule has 0 aliphatic carbocycles. The maximum Gasteiger partial charge on any atom is 0.227 e. The molecule has 1 aromatic carbocycles. The molecule has 0 radical (unpaired) electrons. The van der Waals surface area contributed by atoms with E-state index in [0.717, 1.165) is 37.0 Å². The predicted molar refractivity (Wildman–Crippen MR) is 91.9 cm³/mol. The minimum absolute atomic E-state index is 0.789. The van der Waals surface area contributed by atoms with E-state index in [4.69, 9.17) is 0 Å². The van der Waals surface area contributed by atoms with Crippen molar-refractivity contribution in [3.63, 3.8) is 0 Å². The molecule has 1 aromatic heterocycles. The van der Waals surface area contributed by atoms with Gasteiger partial charge in [0.25, 0.3) is 0 Å². The predicted octanol–water partition coefficient (Wildman–Crippen LogP) is 3.91. The Morgan fingerprint density at radius 1 is 1.09 bits per heavy atom. The van der Waals surface area contributed by atoms with Gasteiger partial charge >= 0.3 is 0 Å². The topological polar surface area (TPSA) is 41.1 Å². The summed E-state index contributed by atoms with van der Waals surface area (Å²) in [4.78, 5) is 11.3. The minimum Gasteiger partial charge on any atom is -0.340 e. The fourth-order valence-electron chi connectivity index (χ4n) is 2.90. The lowest BCUT2D eigenvalue weighted by Crippen LogP contribution is -2.28. The Morgan fingerprint density at radius 2 is 1.86 bits per heavy atom. The van der Waals surface area contributed by atoms with E-state index in [9.17, 15) is 0 Å². The zero-order chi connectivity index (χ0) is 15.5. The van der Waals surface area contributed by atoms with Gasteiger partial charge in [-0.15, -0.1) is 0 Å². The minimum atomic E-state index is 0.789. The molecule has 0 fully saturated rings. The number of rotatable bonds is 3. The fourth-order valence-corrected chi connectivity index (χ4v) is 2.90. The van der Waals surface area contributed by atoms with Gasteiger partial charge < -0.3 is 10.2 Å². The van der Waals surface area contributed by atoms with Gasteiger partial charge in [0.05, 0.1) is 0 Å². The molecule has 4 heteroatoms. The number of nitrogens with one attached hydrogen (secondary N) is 1. The van der Waals surface area contributed by atoms with Crippen LogP contribution in [0.5, 0.6) is 0 Å². The third kappa shape index (κ3) is 3.11. The average molecular weight is 294 g/mol. The Kier molecular flexibility index (Phi) is 4.09. The first kappa shape index (κ1) is 14.6. The Morgan fingerprint density at radius 3 is 2.55 bits per heavy atom. The molecule has 0 saturated heterocycles. The van der Waals surface area contributed by atoms with E-state index in [1.807, 2.05) is 12.3 Å². The summed E-state index contributed by atoms with van der Waals surface area (Å²) < 4.78 is 0. The fraction of sp³-hybridized carbons (Fsp3) is 0.333. The third-order valence-corrected chi connectivity index (χ3v) is 3.91. The summed E-state index contributed by atoms with van der Waals surface area (Å²) >= 11 is 0. The number of hydrogen-bond donors (Lipinski definition) is 1. The van der Waals surface area contributed by atoms with Crippen LogP contribution < -0.4 is 10.2 Å². The third-order valence-electron chi connectivity index (χ3n) is 3.91. The van der Waals surface area contributed by atoms with Crippen LogP contribution in [0.4, 0.5) is 17.5 Å². The molecule has 0 saturated carbocycles. The van der Waals surface area contributed by atoms with Crippen LogP contribution in [0.25, 0.3) is 0 Å². The molecule has 0 amide bonds. The quantitative estimate of drug-likeness (QED) is 0.871. The summed E-state index contributed by atoms with van der Waals surface area (Å²) in [5.41, 5.74) is 4.88. The molecule has 0 unspecified atom stereocenters. The molecule has 3 rings (SSSR count). The molecular weight excluding hydrogens is 272 g/mol. The molecule has 114 valence electrons. The van der Waals surface area contributed by atoms with Crippen LogP contribution in [-0.2, 0) is 0 Å². The highest BCUT2D eigenvalue weighted by molar-refractivity contribution is 5.65. The lowest BCUT2D eigenvalue weighted by molar-refractivity contribution is 0.787. The Bertz CT molecular complexity index is 683. The monoisotopic (exact) mass is 294 g/mol. The van der Waals surface area contributed by atoms with Crippen molar-refractivity contribution in [2.24, 2.45) is 0 Å². The number of aromatic nitrogens is 2. The van der Waals surface area contributed by atoms with Crippen LogP contribution in [0.3, 0.4) is 0 Å². The molecule has 0 atom stereocenters. The van der Waals surface area contributed by atoms with Crippen molar-refractivity contribution in [1.82, 2.24) is 9.97 Å². The molecule has 22 heavy (non-hydrogen) atoms. The number of anilines is 3. The van der Waals surface area contributed by atoms with Gasteiger partial charge in [-0.1, -0.05) is 29.8 Å². The van der Waals surface area contributed by atoms with Crippen LogP contribution in [0, 0.1) is 20.8 Å². The number of hydrogen-bond acceptors (Lipinski definition) is 4. The highest BCUT2D eigenvalue weighted by Gasteiger charge is 2.11. The van der Waals surface area contributed by atoms with E-state index in [2.05, 4.69) is 65.2 Å². The standard InChI is InChI=1S/C18H22N4/c1-13-11-14(2)17(15(3)12-13)20-16-7-8-19-18(21-16)22-9-5-4-6-10-22/h4-5,7-8,11-12H,6,9-10H2,1-3H3,(H,19,20,21). The zero-order valence-corrected chi connectivity index (χ0v) is 13.4. The molecule has 0 bridgehead atoms.